The van der Waals surface area contributed by atoms with Gasteiger partial charge in [-0.05, 0) is 44.2 Å². The topological polar surface area (TPSA) is 118 Å². The molecule has 24 heavy (non-hydrogen) atoms. The monoisotopic (exact) mass is 369 g/mol. The maximum absolute atomic E-state index is 12.0. The van der Waals surface area contributed by atoms with Crippen molar-refractivity contribution in [1.29, 1.82) is 0 Å². The molecule has 0 aliphatic heterocycles. The number of amides is 1. The van der Waals surface area contributed by atoms with Crippen LogP contribution in [-0.4, -0.2) is 25.3 Å². The molecule has 128 valence electrons. The number of carbonyl (C=O) groups excluding carboxylic acids is 1. The normalized spacial score (nSPS) is 11.5. The van der Waals surface area contributed by atoms with E-state index in [9.17, 15) is 23.3 Å². The van der Waals surface area contributed by atoms with Crippen LogP contribution in [0.4, 0.5) is 10.7 Å². The van der Waals surface area contributed by atoms with E-state index >= 15 is 0 Å². The summed E-state index contributed by atoms with van der Waals surface area (Å²) in [6, 6.07) is 8.04. The van der Waals surface area contributed by atoms with Gasteiger partial charge in [0.05, 0.1) is 14.7 Å². The number of anilines is 1. The molecule has 0 spiro atoms. The molecule has 2 aromatic rings. The van der Waals surface area contributed by atoms with Gasteiger partial charge in [0.2, 0.25) is 10.0 Å². The maximum atomic E-state index is 12.0. The van der Waals surface area contributed by atoms with Crippen molar-refractivity contribution < 1.29 is 18.1 Å². The fraction of sp³-hybridized carbons (Fsp3) is 0.214. The van der Waals surface area contributed by atoms with Crippen LogP contribution in [0.5, 0.6) is 0 Å². The lowest BCUT2D eigenvalue weighted by atomic mass is 10.3. The second kappa shape index (κ2) is 7.07. The summed E-state index contributed by atoms with van der Waals surface area (Å²) in [5, 5.41) is 13.1. The summed E-state index contributed by atoms with van der Waals surface area (Å²) in [6.45, 7) is 3.43. The minimum atomic E-state index is -3.60. The molecular formula is C14H15N3O5S2. The fourth-order valence-electron chi connectivity index (χ4n) is 1.84. The Labute approximate surface area is 142 Å². The maximum Gasteiger partial charge on any atom is 0.324 e. The van der Waals surface area contributed by atoms with Crippen molar-refractivity contribution in [3.05, 3.63) is 51.4 Å². The highest BCUT2D eigenvalue weighted by molar-refractivity contribution is 7.89. The van der Waals surface area contributed by atoms with Crippen LogP contribution in [-0.2, 0) is 10.0 Å². The number of hydrogen-bond donors (Lipinski definition) is 2. The van der Waals surface area contributed by atoms with Crippen molar-refractivity contribution in [2.24, 2.45) is 0 Å². The average molecular weight is 369 g/mol. The third-order valence-electron chi connectivity index (χ3n) is 2.81. The van der Waals surface area contributed by atoms with Crippen molar-refractivity contribution >= 4 is 38.0 Å². The van der Waals surface area contributed by atoms with Gasteiger partial charge in [-0.1, -0.05) is 11.3 Å². The lowest BCUT2D eigenvalue weighted by Crippen LogP contribution is -2.30. The Kier molecular flexibility index (Phi) is 5.32. The van der Waals surface area contributed by atoms with Gasteiger partial charge in [-0.2, -0.15) is 0 Å². The van der Waals surface area contributed by atoms with Crippen LogP contribution >= 0.6 is 11.3 Å². The molecule has 0 fully saturated rings. The molecule has 10 heteroatoms. The van der Waals surface area contributed by atoms with Gasteiger partial charge in [-0.3, -0.25) is 14.9 Å². The van der Waals surface area contributed by atoms with E-state index in [0.29, 0.717) is 5.69 Å². The Hall–Kier alpha value is -2.30. The van der Waals surface area contributed by atoms with E-state index in [4.69, 9.17) is 0 Å². The highest BCUT2D eigenvalue weighted by Gasteiger charge is 2.17. The first-order valence-electron chi connectivity index (χ1n) is 6.87. The summed E-state index contributed by atoms with van der Waals surface area (Å²) in [4.78, 5) is 22.4. The highest BCUT2D eigenvalue weighted by Crippen LogP contribution is 2.25. The molecule has 0 saturated carbocycles. The van der Waals surface area contributed by atoms with Crippen LogP contribution in [0.2, 0.25) is 0 Å². The van der Waals surface area contributed by atoms with Gasteiger partial charge >= 0.3 is 5.00 Å². The predicted octanol–water partition coefficient (Wildman–Crippen LogP) is 2.60. The van der Waals surface area contributed by atoms with E-state index in [0.717, 1.165) is 11.3 Å². The van der Waals surface area contributed by atoms with E-state index in [1.807, 2.05) is 0 Å². The summed E-state index contributed by atoms with van der Waals surface area (Å²) in [7, 11) is -3.60. The third kappa shape index (κ3) is 4.37. The SMILES string of the molecule is CC(C)NS(=O)(=O)c1ccc(NC(=O)c2ccc([N+](=O)[O-])s2)cc1. The molecule has 2 N–H and O–H groups in total. The van der Waals surface area contributed by atoms with Crippen molar-refractivity contribution in [2.75, 3.05) is 5.32 Å². The van der Waals surface area contributed by atoms with E-state index in [-0.39, 0.29) is 20.8 Å². The van der Waals surface area contributed by atoms with Crippen LogP contribution in [0.1, 0.15) is 23.5 Å². The Morgan fingerprint density at radius 1 is 1.17 bits per heavy atom. The first-order chi connectivity index (χ1) is 11.2. The van der Waals surface area contributed by atoms with Crippen molar-refractivity contribution in [3.63, 3.8) is 0 Å². The zero-order chi connectivity index (χ0) is 17.9. The van der Waals surface area contributed by atoms with Gasteiger partial charge in [0.25, 0.3) is 5.91 Å². The molecule has 0 atom stereocenters. The number of sulfonamides is 1. The Morgan fingerprint density at radius 3 is 2.29 bits per heavy atom. The molecule has 8 nitrogen and oxygen atoms in total. The molecule has 0 bridgehead atoms. The van der Waals surface area contributed by atoms with Gasteiger partial charge in [-0.15, -0.1) is 0 Å². The summed E-state index contributed by atoms with van der Waals surface area (Å²) in [5.41, 5.74) is 0.388. The van der Waals surface area contributed by atoms with Crippen molar-refractivity contribution in [2.45, 2.75) is 24.8 Å². The van der Waals surface area contributed by atoms with E-state index in [2.05, 4.69) is 10.0 Å². The summed E-state index contributed by atoms with van der Waals surface area (Å²) >= 11 is 0.766. The quantitative estimate of drug-likeness (QED) is 0.599. The van der Waals surface area contributed by atoms with Crippen LogP contribution in [0.3, 0.4) is 0 Å². The van der Waals surface area contributed by atoms with Crippen LogP contribution in [0.15, 0.2) is 41.3 Å². The molecule has 0 aliphatic rings. The van der Waals surface area contributed by atoms with E-state index < -0.39 is 20.9 Å². The highest BCUT2D eigenvalue weighted by atomic mass is 32.2. The number of carbonyl (C=O) groups is 1. The fourth-order valence-corrected chi connectivity index (χ4v) is 3.80. The summed E-state index contributed by atoms with van der Waals surface area (Å²) < 4.78 is 26.5. The lowest BCUT2D eigenvalue weighted by Gasteiger charge is -2.10. The molecule has 0 radical (unpaired) electrons. The molecule has 2 rings (SSSR count). The first kappa shape index (κ1) is 18.0. The van der Waals surface area contributed by atoms with Crippen molar-refractivity contribution in [3.8, 4) is 0 Å². The molecule has 1 amide bonds. The standard InChI is InChI=1S/C14H15N3O5S2/c1-9(2)16-24(21,22)11-5-3-10(4-6-11)15-14(18)12-7-8-13(23-12)17(19)20/h3-9,16H,1-2H3,(H,15,18). The largest absolute Gasteiger partial charge is 0.324 e. The minimum absolute atomic E-state index is 0.0842. The average Bonchev–Trinajstić information content (AvgIpc) is 2.96. The number of nitro groups is 1. The number of rotatable bonds is 6. The Balaban J connectivity index is 2.11. The van der Waals surface area contributed by atoms with Gasteiger partial charge in [0.15, 0.2) is 0 Å². The molecule has 0 unspecified atom stereocenters. The minimum Gasteiger partial charge on any atom is -0.321 e. The van der Waals surface area contributed by atoms with E-state index in [1.165, 1.54) is 36.4 Å². The Morgan fingerprint density at radius 2 is 1.79 bits per heavy atom. The molecule has 0 saturated heterocycles. The van der Waals surface area contributed by atoms with Crippen LogP contribution in [0.25, 0.3) is 0 Å². The summed E-state index contributed by atoms with van der Waals surface area (Å²) in [6.07, 6.45) is 0. The van der Waals surface area contributed by atoms with Gasteiger partial charge in [0, 0.05) is 17.8 Å². The van der Waals surface area contributed by atoms with Gasteiger partial charge in [0.1, 0.15) is 0 Å². The number of nitrogens with zero attached hydrogens (tertiary/aromatic N) is 1. The van der Waals surface area contributed by atoms with Gasteiger partial charge in [-0.25, -0.2) is 13.1 Å². The number of nitrogens with one attached hydrogen (secondary N) is 2. The number of thiophene rings is 1. The Bertz CT molecular complexity index is 857. The second-order valence-electron chi connectivity index (χ2n) is 5.15. The van der Waals surface area contributed by atoms with Crippen LogP contribution < -0.4 is 10.0 Å². The predicted molar refractivity (Wildman–Crippen MR) is 90.8 cm³/mol. The van der Waals surface area contributed by atoms with E-state index in [1.54, 1.807) is 13.8 Å². The van der Waals surface area contributed by atoms with Crippen LogP contribution in [0, 0.1) is 10.1 Å². The number of benzene rings is 1. The number of hydrogen-bond acceptors (Lipinski definition) is 6. The zero-order valence-corrected chi connectivity index (χ0v) is 14.5. The van der Waals surface area contributed by atoms with Crippen molar-refractivity contribution in [1.82, 2.24) is 4.72 Å². The molecule has 1 aromatic carbocycles. The third-order valence-corrected chi connectivity index (χ3v) is 5.52. The first-order valence-corrected chi connectivity index (χ1v) is 9.17. The summed E-state index contributed by atoms with van der Waals surface area (Å²) in [5.74, 6) is -0.496. The molecule has 0 aliphatic carbocycles. The molecule has 1 heterocycles. The lowest BCUT2D eigenvalue weighted by molar-refractivity contribution is -0.380. The smallest absolute Gasteiger partial charge is 0.321 e. The van der Waals surface area contributed by atoms with Gasteiger partial charge < -0.3 is 5.32 Å². The second-order valence-corrected chi connectivity index (χ2v) is 7.93. The molecule has 1 aromatic heterocycles. The molecular weight excluding hydrogens is 354 g/mol. The zero-order valence-electron chi connectivity index (χ0n) is 12.8.